The van der Waals surface area contributed by atoms with Crippen LogP contribution in [0.1, 0.15) is 31.2 Å². The highest BCUT2D eigenvalue weighted by Crippen LogP contribution is 2.24. The lowest BCUT2D eigenvalue weighted by Gasteiger charge is -2.12. The Morgan fingerprint density at radius 2 is 2.09 bits per heavy atom. The molecule has 7 heteroatoms. The lowest BCUT2D eigenvalue weighted by atomic mass is 10.1. The topological polar surface area (TPSA) is 84.2 Å². The first-order chi connectivity index (χ1) is 10.5. The van der Waals surface area contributed by atoms with E-state index in [2.05, 4.69) is 10.6 Å². The molecule has 0 aliphatic heterocycles. The van der Waals surface area contributed by atoms with E-state index in [0.717, 1.165) is 24.8 Å². The molecule has 0 heterocycles. The average Bonchev–Trinajstić information content (AvgIpc) is 2.90. The maximum absolute atomic E-state index is 11.9. The fraction of sp³-hybridized carbons (Fsp3) is 0.500. The predicted octanol–water partition coefficient (Wildman–Crippen LogP) is 2.64. The Morgan fingerprint density at radius 3 is 2.74 bits per heavy atom. The first kappa shape index (κ1) is 19.7. The fourth-order valence-corrected chi connectivity index (χ4v) is 2.83. The minimum absolute atomic E-state index is 0. The van der Waals surface area contributed by atoms with Gasteiger partial charge in [0.2, 0.25) is 11.8 Å². The van der Waals surface area contributed by atoms with E-state index in [9.17, 15) is 9.59 Å². The van der Waals surface area contributed by atoms with Gasteiger partial charge in [0.15, 0.2) is 0 Å². The van der Waals surface area contributed by atoms with Crippen molar-refractivity contribution in [1.29, 1.82) is 0 Å². The van der Waals surface area contributed by atoms with Gasteiger partial charge in [0.25, 0.3) is 0 Å². The van der Waals surface area contributed by atoms with Gasteiger partial charge in [0.1, 0.15) is 0 Å². The van der Waals surface area contributed by atoms with Crippen LogP contribution in [0.3, 0.4) is 0 Å². The third-order valence-electron chi connectivity index (χ3n) is 4.04. The lowest BCUT2D eigenvalue weighted by Crippen LogP contribution is -2.32. The second kappa shape index (κ2) is 9.11. The summed E-state index contributed by atoms with van der Waals surface area (Å²) >= 11 is 6.01. The highest BCUT2D eigenvalue weighted by atomic mass is 35.5. The van der Waals surface area contributed by atoms with E-state index in [4.69, 9.17) is 17.3 Å². The molecule has 5 nitrogen and oxygen atoms in total. The standard InChI is InChI=1S/C16H22ClN3O2.ClH/c1-10-13(17)3-2-4-14(10)20-15(21)7-8-19-16(22)11-5-6-12(18)9-11;/h2-4,11-12H,5-9,18H2,1H3,(H,19,22)(H,20,21);1H. The van der Waals surface area contributed by atoms with Gasteiger partial charge in [-0.25, -0.2) is 0 Å². The summed E-state index contributed by atoms with van der Waals surface area (Å²) in [6, 6.07) is 5.50. The van der Waals surface area contributed by atoms with Gasteiger partial charge < -0.3 is 16.4 Å². The summed E-state index contributed by atoms with van der Waals surface area (Å²) in [4.78, 5) is 23.8. The Kier molecular flexibility index (Phi) is 7.82. The summed E-state index contributed by atoms with van der Waals surface area (Å²) in [7, 11) is 0. The molecule has 2 unspecified atom stereocenters. The average molecular weight is 360 g/mol. The molecule has 1 saturated carbocycles. The molecule has 0 radical (unpaired) electrons. The number of benzene rings is 1. The Labute approximate surface area is 147 Å². The van der Waals surface area contributed by atoms with Gasteiger partial charge in [-0.05, 0) is 43.9 Å². The van der Waals surface area contributed by atoms with E-state index in [1.807, 2.05) is 6.92 Å². The van der Waals surface area contributed by atoms with Crippen molar-refractivity contribution >= 4 is 41.5 Å². The summed E-state index contributed by atoms with van der Waals surface area (Å²) in [5, 5.41) is 6.23. The van der Waals surface area contributed by atoms with Crippen molar-refractivity contribution in [1.82, 2.24) is 5.32 Å². The number of amides is 2. The first-order valence-electron chi connectivity index (χ1n) is 7.55. The molecule has 2 amide bonds. The number of hydrogen-bond acceptors (Lipinski definition) is 3. The zero-order valence-electron chi connectivity index (χ0n) is 13.1. The van der Waals surface area contributed by atoms with Gasteiger partial charge in [0, 0.05) is 35.6 Å². The van der Waals surface area contributed by atoms with Crippen LogP contribution in [-0.2, 0) is 9.59 Å². The molecule has 128 valence electrons. The molecule has 4 N–H and O–H groups in total. The van der Waals surface area contributed by atoms with E-state index in [-0.39, 0.29) is 42.6 Å². The van der Waals surface area contributed by atoms with Crippen LogP contribution in [0.25, 0.3) is 0 Å². The molecule has 1 aromatic carbocycles. The van der Waals surface area contributed by atoms with E-state index in [1.54, 1.807) is 18.2 Å². The van der Waals surface area contributed by atoms with Gasteiger partial charge in [-0.2, -0.15) is 0 Å². The second-order valence-corrected chi connectivity index (χ2v) is 6.18. The molecular weight excluding hydrogens is 337 g/mol. The van der Waals surface area contributed by atoms with Gasteiger partial charge in [-0.15, -0.1) is 12.4 Å². The molecule has 0 bridgehead atoms. The minimum Gasteiger partial charge on any atom is -0.355 e. The Hall–Kier alpha value is -1.30. The smallest absolute Gasteiger partial charge is 0.226 e. The molecule has 1 aliphatic rings. The fourth-order valence-electron chi connectivity index (χ4n) is 2.65. The van der Waals surface area contributed by atoms with Crippen LogP contribution in [0.15, 0.2) is 18.2 Å². The highest BCUT2D eigenvalue weighted by Gasteiger charge is 2.27. The Bertz CT molecular complexity index is 566. The number of nitrogens with one attached hydrogen (secondary N) is 2. The van der Waals surface area contributed by atoms with Crippen LogP contribution in [0.5, 0.6) is 0 Å². The monoisotopic (exact) mass is 359 g/mol. The van der Waals surface area contributed by atoms with E-state index in [0.29, 0.717) is 17.3 Å². The number of carbonyl (C=O) groups is 2. The number of anilines is 1. The van der Waals surface area contributed by atoms with Crippen molar-refractivity contribution in [3.05, 3.63) is 28.8 Å². The maximum Gasteiger partial charge on any atom is 0.226 e. The van der Waals surface area contributed by atoms with E-state index < -0.39 is 0 Å². The van der Waals surface area contributed by atoms with Crippen LogP contribution in [0, 0.1) is 12.8 Å². The second-order valence-electron chi connectivity index (χ2n) is 5.77. The van der Waals surface area contributed by atoms with Crippen LogP contribution in [0.2, 0.25) is 5.02 Å². The summed E-state index contributed by atoms with van der Waals surface area (Å²) in [6.45, 7) is 2.18. The molecule has 0 spiro atoms. The van der Waals surface area contributed by atoms with Crippen molar-refractivity contribution in [2.24, 2.45) is 11.7 Å². The molecule has 2 rings (SSSR count). The quantitative estimate of drug-likeness (QED) is 0.755. The van der Waals surface area contributed by atoms with Crippen molar-refractivity contribution in [3.63, 3.8) is 0 Å². The normalized spacial score (nSPS) is 19.8. The SMILES string of the molecule is Cc1c(Cl)cccc1NC(=O)CCNC(=O)C1CCC(N)C1.Cl. The molecular formula is C16H23Cl2N3O2. The largest absolute Gasteiger partial charge is 0.355 e. The molecule has 1 aromatic rings. The minimum atomic E-state index is -0.145. The van der Waals surface area contributed by atoms with Gasteiger partial charge in [0.05, 0.1) is 0 Å². The summed E-state index contributed by atoms with van der Waals surface area (Å²) < 4.78 is 0. The zero-order valence-corrected chi connectivity index (χ0v) is 14.7. The molecule has 2 atom stereocenters. The summed E-state index contributed by atoms with van der Waals surface area (Å²) in [6.07, 6.45) is 2.70. The lowest BCUT2D eigenvalue weighted by molar-refractivity contribution is -0.124. The molecule has 1 fully saturated rings. The number of carbonyl (C=O) groups excluding carboxylic acids is 2. The van der Waals surface area contributed by atoms with E-state index in [1.165, 1.54) is 0 Å². The highest BCUT2D eigenvalue weighted by molar-refractivity contribution is 6.31. The van der Waals surface area contributed by atoms with Crippen molar-refractivity contribution in [2.45, 2.75) is 38.6 Å². The van der Waals surface area contributed by atoms with Gasteiger partial charge in [-0.1, -0.05) is 17.7 Å². The van der Waals surface area contributed by atoms with Crippen molar-refractivity contribution in [2.75, 3.05) is 11.9 Å². The third-order valence-corrected chi connectivity index (χ3v) is 4.45. The predicted molar refractivity (Wildman–Crippen MR) is 95.0 cm³/mol. The maximum atomic E-state index is 11.9. The molecule has 0 saturated heterocycles. The number of hydrogen-bond donors (Lipinski definition) is 3. The summed E-state index contributed by atoms with van der Waals surface area (Å²) in [5.41, 5.74) is 7.33. The van der Waals surface area contributed by atoms with Crippen molar-refractivity contribution in [3.8, 4) is 0 Å². The summed E-state index contributed by atoms with van der Waals surface area (Å²) in [5.74, 6) is -0.151. The molecule has 0 aromatic heterocycles. The van der Waals surface area contributed by atoms with Crippen LogP contribution in [-0.4, -0.2) is 24.4 Å². The number of halogens is 2. The zero-order chi connectivity index (χ0) is 16.1. The van der Waals surface area contributed by atoms with Gasteiger partial charge in [-0.3, -0.25) is 9.59 Å². The van der Waals surface area contributed by atoms with Crippen LogP contribution in [0.4, 0.5) is 5.69 Å². The van der Waals surface area contributed by atoms with E-state index >= 15 is 0 Å². The van der Waals surface area contributed by atoms with Crippen LogP contribution >= 0.6 is 24.0 Å². The molecule has 23 heavy (non-hydrogen) atoms. The third kappa shape index (κ3) is 5.68. The number of rotatable bonds is 5. The number of nitrogens with two attached hydrogens (primary N) is 1. The molecule has 1 aliphatic carbocycles. The Morgan fingerprint density at radius 1 is 1.35 bits per heavy atom. The van der Waals surface area contributed by atoms with Crippen LogP contribution < -0.4 is 16.4 Å². The van der Waals surface area contributed by atoms with Gasteiger partial charge >= 0.3 is 0 Å². The van der Waals surface area contributed by atoms with Crippen molar-refractivity contribution < 1.29 is 9.59 Å². The first-order valence-corrected chi connectivity index (χ1v) is 7.93. The Balaban J connectivity index is 0.00000264.